The second-order valence-electron chi connectivity index (χ2n) is 4.94. The Morgan fingerprint density at radius 3 is 2.67 bits per heavy atom. The van der Waals surface area contributed by atoms with Gasteiger partial charge in [-0.2, -0.15) is 0 Å². The second kappa shape index (κ2) is 5.93. The van der Waals surface area contributed by atoms with Gasteiger partial charge in [0.15, 0.2) is 0 Å². The Morgan fingerprint density at radius 2 is 1.86 bits per heavy atom. The minimum absolute atomic E-state index is 0.0160. The fourth-order valence-corrected chi connectivity index (χ4v) is 2.55. The molecule has 0 aliphatic rings. The summed E-state index contributed by atoms with van der Waals surface area (Å²) in [6.07, 6.45) is 2.54. The van der Waals surface area contributed by atoms with Gasteiger partial charge < -0.3 is 14.9 Å². The maximum Gasteiger partial charge on any atom is 0.250 e. The lowest BCUT2D eigenvalue weighted by Crippen LogP contribution is -2.21. The van der Waals surface area contributed by atoms with E-state index in [4.69, 9.17) is 5.73 Å². The number of nitrogens with two attached hydrogens (primary N) is 1. The molecule has 1 aromatic carbocycles. The summed E-state index contributed by atoms with van der Waals surface area (Å²) in [5.41, 5.74) is 7.75. The number of hydrogen-bond acceptors (Lipinski definition) is 3. The molecule has 108 valence electrons. The van der Waals surface area contributed by atoms with Crippen LogP contribution in [0.25, 0.3) is 11.0 Å². The first-order valence-corrected chi connectivity index (χ1v) is 7.09. The van der Waals surface area contributed by atoms with E-state index in [2.05, 4.69) is 15.6 Å². The van der Waals surface area contributed by atoms with E-state index >= 15 is 0 Å². The highest BCUT2D eigenvalue weighted by atomic mass is 16.1. The molecule has 3 aromatic rings. The van der Waals surface area contributed by atoms with Gasteiger partial charge in [0.25, 0.3) is 5.56 Å². The molecule has 5 heteroatoms. The SMILES string of the molecule is NCCc1nc2ccccc2n1CCn1ccccc1=O. The van der Waals surface area contributed by atoms with Crippen molar-refractivity contribution >= 4 is 11.0 Å². The van der Waals surface area contributed by atoms with E-state index in [1.807, 2.05) is 30.5 Å². The fourth-order valence-electron chi connectivity index (χ4n) is 2.55. The Morgan fingerprint density at radius 1 is 1.05 bits per heavy atom. The molecule has 2 aromatic heterocycles. The molecule has 0 atom stereocenters. The van der Waals surface area contributed by atoms with Crippen LogP contribution in [-0.4, -0.2) is 20.7 Å². The number of nitrogens with zero attached hydrogens (tertiary/aromatic N) is 3. The molecule has 0 amide bonds. The lowest BCUT2D eigenvalue weighted by molar-refractivity contribution is 0.557. The van der Waals surface area contributed by atoms with Gasteiger partial charge in [-0.05, 0) is 24.7 Å². The minimum atomic E-state index is 0.0160. The van der Waals surface area contributed by atoms with Crippen molar-refractivity contribution < 1.29 is 0 Å². The summed E-state index contributed by atoms with van der Waals surface area (Å²) < 4.78 is 3.86. The van der Waals surface area contributed by atoms with Crippen molar-refractivity contribution in [3.63, 3.8) is 0 Å². The van der Waals surface area contributed by atoms with E-state index in [9.17, 15) is 4.79 Å². The molecular weight excluding hydrogens is 264 g/mol. The molecule has 0 aliphatic carbocycles. The van der Waals surface area contributed by atoms with Crippen LogP contribution in [0.5, 0.6) is 0 Å². The van der Waals surface area contributed by atoms with E-state index in [1.165, 1.54) is 0 Å². The number of benzene rings is 1. The zero-order valence-corrected chi connectivity index (χ0v) is 11.8. The van der Waals surface area contributed by atoms with Gasteiger partial charge in [-0.15, -0.1) is 0 Å². The van der Waals surface area contributed by atoms with E-state index in [-0.39, 0.29) is 5.56 Å². The van der Waals surface area contributed by atoms with Crippen LogP contribution in [0.2, 0.25) is 0 Å². The summed E-state index contributed by atoms with van der Waals surface area (Å²) in [4.78, 5) is 16.4. The average Bonchev–Trinajstić information content (AvgIpc) is 2.84. The first-order chi connectivity index (χ1) is 10.3. The number of pyridine rings is 1. The molecular formula is C16H18N4O. The topological polar surface area (TPSA) is 65.8 Å². The van der Waals surface area contributed by atoms with Crippen LogP contribution in [0.4, 0.5) is 0 Å². The van der Waals surface area contributed by atoms with Crippen molar-refractivity contribution in [2.24, 2.45) is 5.73 Å². The van der Waals surface area contributed by atoms with Crippen molar-refractivity contribution in [1.82, 2.24) is 14.1 Å². The van der Waals surface area contributed by atoms with Crippen LogP contribution < -0.4 is 11.3 Å². The van der Waals surface area contributed by atoms with Crippen LogP contribution >= 0.6 is 0 Å². The average molecular weight is 282 g/mol. The summed E-state index contributed by atoms with van der Waals surface area (Å²) in [6.45, 7) is 1.89. The van der Waals surface area contributed by atoms with Gasteiger partial charge >= 0.3 is 0 Å². The standard InChI is InChI=1S/C16H18N4O/c17-9-8-15-18-13-5-1-2-6-14(13)20(15)12-11-19-10-4-3-7-16(19)21/h1-7,10H,8-9,11-12,17H2. The van der Waals surface area contributed by atoms with Crippen molar-refractivity contribution in [2.75, 3.05) is 6.54 Å². The van der Waals surface area contributed by atoms with Gasteiger partial charge in [-0.3, -0.25) is 4.79 Å². The minimum Gasteiger partial charge on any atom is -0.330 e. The number of rotatable bonds is 5. The van der Waals surface area contributed by atoms with Gasteiger partial charge in [0.1, 0.15) is 5.82 Å². The molecule has 0 bridgehead atoms. The number of aromatic nitrogens is 3. The number of para-hydroxylation sites is 2. The van der Waals surface area contributed by atoms with Crippen LogP contribution in [0, 0.1) is 0 Å². The number of fused-ring (bicyclic) bond motifs is 1. The van der Waals surface area contributed by atoms with E-state index < -0.39 is 0 Å². The third-order valence-corrected chi connectivity index (χ3v) is 3.57. The monoisotopic (exact) mass is 282 g/mol. The molecule has 0 saturated heterocycles. The van der Waals surface area contributed by atoms with Crippen molar-refractivity contribution in [1.29, 1.82) is 0 Å². The zero-order chi connectivity index (χ0) is 14.7. The number of imidazole rings is 1. The quantitative estimate of drug-likeness (QED) is 0.769. The first-order valence-electron chi connectivity index (χ1n) is 7.09. The smallest absolute Gasteiger partial charge is 0.250 e. The molecule has 0 spiro atoms. The Balaban J connectivity index is 1.94. The lowest BCUT2D eigenvalue weighted by atomic mass is 10.3. The van der Waals surface area contributed by atoms with Crippen LogP contribution in [0.15, 0.2) is 53.5 Å². The molecule has 0 radical (unpaired) electrons. The van der Waals surface area contributed by atoms with Crippen molar-refractivity contribution in [3.05, 3.63) is 64.8 Å². The highest BCUT2D eigenvalue weighted by Gasteiger charge is 2.09. The zero-order valence-electron chi connectivity index (χ0n) is 11.8. The molecule has 0 saturated carbocycles. The fraction of sp³-hybridized carbons (Fsp3) is 0.250. The molecule has 0 unspecified atom stereocenters. The van der Waals surface area contributed by atoms with Gasteiger partial charge in [0.05, 0.1) is 11.0 Å². The maximum atomic E-state index is 11.8. The predicted molar refractivity (Wildman–Crippen MR) is 83.2 cm³/mol. The molecule has 3 rings (SSSR count). The van der Waals surface area contributed by atoms with Crippen molar-refractivity contribution in [3.8, 4) is 0 Å². The Labute approximate surface area is 122 Å². The summed E-state index contributed by atoms with van der Waals surface area (Å²) in [7, 11) is 0. The van der Waals surface area contributed by atoms with E-state index in [0.717, 1.165) is 23.3 Å². The van der Waals surface area contributed by atoms with Crippen molar-refractivity contribution in [2.45, 2.75) is 19.5 Å². The van der Waals surface area contributed by atoms with Crippen LogP contribution in [-0.2, 0) is 19.5 Å². The number of aryl methyl sites for hydroxylation is 2. The summed E-state index contributed by atoms with van der Waals surface area (Å²) in [6, 6.07) is 13.2. The molecule has 0 aliphatic heterocycles. The maximum absolute atomic E-state index is 11.8. The molecule has 2 N–H and O–H groups in total. The Bertz CT molecular complexity index is 803. The first kappa shape index (κ1) is 13.6. The Kier molecular flexibility index (Phi) is 3.83. The molecule has 21 heavy (non-hydrogen) atoms. The van der Waals surface area contributed by atoms with Gasteiger partial charge in [0.2, 0.25) is 0 Å². The highest BCUT2D eigenvalue weighted by Crippen LogP contribution is 2.16. The summed E-state index contributed by atoms with van der Waals surface area (Å²) in [5.74, 6) is 0.975. The molecule has 2 heterocycles. The summed E-state index contributed by atoms with van der Waals surface area (Å²) in [5, 5.41) is 0. The normalized spacial score (nSPS) is 11.1. The Hall–Kier alpha value is -2.40. The predicted octanol–water partition coefficient (Wildman–Crippen LogP) is 1.40. The van der Waals surface area contributed by atoms with E-state index in [1.54, 1.807) is 16.7 Å². The molecule has 5 nitrogen and oxygen atoms in total. The van der Waals surface area contributed by atoms with Gasteiger partial charge in [-0.25, -0.2) is 4.98 Å². The number of hydrogen-bond donors (Lipinski definition) is 1. The third-order valence-electron chi connectivity index (χ3n) is 3.57. The van der Waals surface area contributed by atoms with Crippen LogP contribution in [0.1, 0.15) is 5.82 Å². The van der Waals surface area contributed by atoms with Gasteiger partial charge in [0, 0.05) is 31.8 Å². The summed E-state index contributed by atoms with van der Waals surface area (Å²) >= 11 is 0. The lowest BCUT2D eigenvalue weighted by Gasteiger charge is -2.10. The second-order valence-corrected chi connectivity index (χ2v) is 4.94. The molecule has 0 fully saturated rings. The third kappa shape index (κ3) is 2.73. The van der Waals surface area contributed by atoms with E-state index in [0.29, 0.717) is 19.6 Å². The van der Waals surface area contributed by atoms with Gasteiger partial charge in [-0.1, -0.05) is 18.2 Å². The largest absolute Gasteiger partial charge is 0.330 e. The van der Waals surface area contributed by atoms with Crippen LogP contribution in [0.3, 0.4) is 0 Å². The highest BCUT2D eigenvalue weighted by molar-refractivity contribution is 5.75.